The third-order valence-corrected chi connectivity index (χ3v) is 4.44. The molecular weight excluding hydrogens is 286 g/mol. The molecule has 1 aliphatic carbocycles. The van der Waals surface area contributed by atoms with Crippen LogP contribution >= 0.6 is 11.9 Å². The third kappa shape index (κ3) is 8.26. The monoisotopic (exact) mass is 315 g/mol. The van der Waals surface area contributed by atoms with E-state index in [0.717, 1.165) is 25.8 Å². The highest BCUT2D eigenvalue weighted by molar-refractivity contribution is 7.98. The summed E-state index contributed by atoms with van der Waals surface area (Å²) in [6.07, 6.45) is 25.0. The maximum absolute atomic E-state index is 3.54. The Morgan fingerprint density at radius 3 is 2.82 bits per heavy atom. The molecule has 0 saturated heterocycles. The summed E-state index contributed by atoms with van der Waals surface area (Å²) in [7, 11) is 0. The fraction of sp³-hybridized carbons (Fsp3) is 0.400. The van der Waals surface area contributed by atoms with Crippen LogP contribution in [0, 0.1) is 0 Å². The van der Waals surface area contributed by atoms with Gasteiger partial charge in [0.25, 0.3) is 0 Å². The zero-order chi connectivity index (χ0) is 16.0. The Balaban J connectivity index is 2.45. The van der Waals surface area contributed by atoms with Crippen molar-refractivity contribution in [3.8, 4) is 0 Å². The van der Waals surface area contributed by atoms with E-state index in [0.29, 0.717) is 5.25 Å². The molecule has 0 aromatic heterocycles. The van der Waals surface area contributed by atoms with Crippen LogP contribution in [-0.4, -0.2) is 11.8 Å². The molecule has 0 fully saturated rings. The molecule has 1 nitrogen and oxygen atoms in total. The van der Waals surface area contributed by atoms with Gasteiger partial charge in [0.15, 0.2) is 0 Å². The summed E-state index contributed by atoms with van der Waals surface area (Å²) in [5.41, 5.74) is 2.92. The van der Waals surface area contributed by atoms with Crippen molar-refractivity contribution < 1.29 is 0 Å². The second kappa shape index (κ2) is 12.3. The number of rotatable bonds is 9. The van der Waals surface area contributed by atoms with E-state index in [9.17, 15) is 0 Å². The molecule has 0 saturated carbocycles. The van der Waals surface area contributed by atoms with Crippen LogP contribution in [0.5, 0.6) is 0 Å². The van der Waals surface area contributed by atoms with Crippen molar-refractivity contribution in [1.29, 1.82) is 0 Å². The molecule has 0 spiro atoms. The van der Waals surface area contributed by atoms with Crippen molar-refractivity contribution in [3.63, 3.8) is 0 Å². The summed E-state index contributed by atoms with van der Waals surface area (Å²) >= 11 is 1.83. The molecule has 1 atom stereocenters. The minimum absolute atomic E-state index is 0.485. The molecule has 1 unspecified atom stereocenters. The summed E-state index contributed by atoms with van der Waals surface area (Å²) in [5, 5.41) is 0.485. The molecule has 1 rings (SSSR count). The van der Waals surface area contributed by atoms with Crippen molar-refractivity contribution in [2.24, 2.45) is 0 Å². The Bertz CT molecular complexity index is 478. The maximum atomic E-state index is 3.54. The zero-order valence-corrected chi connectivity index (χ0v) is 14.9. The number of allylic oxidation sites excluding steroid dienone is 10. The van der Waals surface area contributed by atoms with Crippen molar-refractivity contribution in [2.75, 3.05) is 6.54 Å². The Hall–Kier alpha value is -1.25. The molecule has 0 bridgehead atoms. The van der Waals surface area contributed by atoms with E-state index in [1.807, 2.05) is 11.9 Å². The predicted molar refractivity (Wildman–Crippen MR) is 103 cm³/mol. The van der Waals surface area contributed by atoms with E-state index in [4.69, 9.17) is 0 Å². The highest BCUT2D eigenvalue weighted by Crippen LogP contribution is 2.21. The van der Waals surface area contributed by atoms with Crippen LogP contribution in [0.3, 0.4) is 0 Å². The number of hydrogen-bond donors (Lipinski definition) is 1. The van der Waals surface area contributed by atoms with E-state index in [1.165, 1.54) is 11.1 Å². The van der Waals surface area contributed by atoms with Crippen molar-refractivity contribution in [3.05, 3.63) is 71.9 Å². The van der Waals surface area contributed by atoms with Crippen molar-refractivity contribution >= 4 is 11.9 Å². The van der Waals surface area contributed by atoms with Crippen LogP contribution in [-0.2, 0) is 0 Å². The molecular formula is C20H29NS. The first-order valence-corrected chi connectivity index (χ1v) is 8.95. The lowest BCUT2D eigenvalue weighted by atomic mass is 10.1. The summed E-state index contributed by atoms with van der Waals surface area (Å²) in [6, 6.07) is 0. The number of nitrogens with one attached hydrogen (secondary N) is 1. The molecule has 1 N–H and O–H groups in total. The van der Waals surface area contributed by atoms with E-state index in [-0.39, 0.29) is 0 Å². The van der Waals surface area contributed by atoms with Crippen molar-refractivity contribution in [2.45, 2.75) is 45.3 Å². The molecule has 0 amide bonds. The highest BCUT2D eigenvalue weighted by Gasteiger charge is 2.08. The largest absolute Gasteiger partial charge is 0.260 e. The maximum Gasteiger partial charge on any atom is 0.0409 e. The summed E-state index contributed by atoms with van der Waals surface area (Å²) in [6.45, 7) is 7.25. The van der Waals surface area contributed by atoms with Gasteiger partial charge in [-0.25, -0.2) is 0 Å². The van der Waals surface area contributed by atoms with Crippen molar-refractivity contribution in [1.82, 2.24) is 4.72 Å². The van der Waals surface area contributed by atoms with E-state index >= 15 is 0 Å². The molecule has 22 heavy (non-hydrogen) atoms. The van der Waals surface area contributed by atoms with Gasteiger partial charge in [0.2, 0.25) is 0 Å². The second-order valence-corrected chi connectivity index (χ2v) is 6.40. The van der Waals surface area contributed by atoms with E-state index in [1.54, 1.807) is 0 Å². The van der Waals surface area contributed by atoms with Crippen LogP contribution in [0.1, 0.15) is 40.0 Å². The first kappa shape index (κ1) is 18.8. The SMILES string of the molecule is C/C=C\C/C(=C\C)CC(/C=C\C)SNCC1=CC=CC=CC1. The van der Waals surface area contributed by atoms with Crippen LogP contribution < -0.4 is 4.72 Å². The lowest BCUT2D eigenvalue weighted by Crippen LogP contribution is -2.14. The summed E-state index contributed by atoms with van der Waals surface area (Å²) in [4.78, 5) is 0. The smallest absolute Gasteiger partial charge is 0.0409 e. The van der Waals surface area contributed by atoms with Gasteiger partial charge in [-0.3, -0.25) is 4.72 Å². The molecule has 0 radical (unpaired) electrons. The second-order valence-electron chi connectivity index (χ2n) is 5.27. The van der Waals surface area contributed by atoms with Gasteiger partial charge in [0.1, 0.15) is 0 Å². The molecule has 0 aromatic rings. The first-order chi connectivity index (χ1) is 10.8. The Morgan fingerprint density at radius 2 is 2.09 bits per heavy atom. The highest BCUT2D eigenvalue weighted by atomic mass is 32.2. The average Bonchev–Trinajstić information content (AvgIpc) is 2.80. The minimum atomic E-state index is 0.485. The van der Waals surface area contributed by atoms with E-state index < -0.39 is 0 Å². The van der Waals surface area contributed by atoms with Gasteiger partial charge in [-0.15, -0.1) is 0 Å². The van der Waals surface area contributed by atoms with Gasteiger partial charge < -0.3 is 0 Å². The Labute approximate surface area is 140 Å². The summed E-state index contributed by atoms with van der Waals surface area (Å²) < 4.78 is 3.54. The molecule has 0 aromatic carbocycles. The van der Waals surface area contributed by atoms with Gasteiger partial charge >= 0.3 is 0 Å². The van der Waals surface area contributed by atoms with Gasteiger partial charge in [-0.1, -0.05) is 83.9 Å². The van der Waals surface area contributed by atoms with Crippen LogP contribution in [0.25, 0.3) is 0 Å². The van der Waals surface area contributed by atoms with Gasteiger partial charge in [0, 0.05) is 11.8 Å². The molecule has 120 valence electrons. The third-order valence-electron chi connectivity index (χ3n) is 3.50. The summed E-state index contributed by atoms with van der Waals surface area (Å²) in [5.74, 6) is 0. The lowest BCUT2D eigenvalue weighted by molar-refractivity contribution is 0.929. The zero-order valence-electron chi connectivity index (χ0n) is 14.1. The molecule has 0 heterocycles. The fourth-order valence-corrected chi connectivity index (χ4v) is 3.22. The van der Waals surface area contributed by atoms with Gasteiger partial charge in [0.05, 0.1) is 0 Å². The van der Waals surface area contributed by atoms with E-state index in [2.05, 4.69) is 86.3 Å². The first-order valence-electron chi connectivity index (χ1n) is 8.08. The quantitative estimate of drug-likeness (QED) is 0.419. The molecule has 2 heteroatoms. The lowest BCUT2D eigenvalue weighted by Gasteiger charge is -2.15. The van der Waals surface area contributed by atoms with Crippen LogP contribution in [0.2, 0.25) is 0 Å². The minimum Gasteiger partial charge on any atom is -0.260 e. The van der Waals surface area contributed by atoms with Crippen LogP contribution in [0.4, 0.5) is 0 Å². The van der Waals surface area contributed by atoms with Gasteiger partial charge in [-0.05, 0) is 40.0 Å². The van der Waals surface area contributed by atoms with Gasteiger partial charge in [-0.2, -0.15) is 0 Å². The molecule has 1 aliphatic rings. The number of hydrogen-bond acceptors (Lipinski definition) is 2. The standard InChI is InChI=1S/C20H29NS/c1-4-7-13-18(6-3)16-20(12-5-2)22-21-17-19-14-10-8-9-11-15-19/h4-12,14,20-21H,13,15-17H2,1-3H3/b7-4-,12-5-,18-6+. The Kier molecular flexibility index (Phi) is 10.5. The normalized spacial score (nSPS) is 17.2. The fourth-order valence-electron chi connectivity index (χ4n) is 2.20. The Morgan fingerprint density at radius 1 is 1.23 bits per heavy atom. The average molecular weight is 316 g/mol. The topological polar surface area (TPSA) is 12.0 Å². The predicted octanol–water partition coefficient (Wildman–Crippen LogP) is 5.91. The van der Waals surface area contributed by atoms with Crippen LogP contribution in [0.15, 0.2) is 71.9 Å². The molecule has 0 aliphatic heterocycles.